The van der Waals surface area contributed by atoms with Gasteiger partial charge in [0.15, 0.2) is 15.6 Å². The molecule has 0 aromatic heterocycles. The van der Waals surface area contributed by atoms with E-state index in [9.17, 15) is 34.9 Å². The normalized spacial score (nSPS) is 16.1. The molecule has 0 saturated heterocycles. The molecular weight excluding hydrogens is 550 g/mol. The number of aryl methyl sites for hydroxylation is 1. The minimum absolute atomic E-state index is 0.0753. The Morgan fingerprint density at radius 3 is 2.22 bits per heavy atom. The molecule has 1 unspecified atom stereocenters. The number of aromatic hydroxyl groups is 1. The summed E-state index contributed by atoms with van der Waals surface area (Å²) >= 11 is 0. The van der Waals surface area contributed by atoms with E-state index in [0.717, 1.165) is 12.1 Å². The number of nitrogens with zero attached hydrogens (tertiary/aromatic N) is 2. The second-order valence-corrected chi connectivity index (χ2v) is 12.0. The highest BCUT2D eigenvalue weighted by molar-refractivity contribution is 7.91. The first-order chi connectivity index (χ1) is 17.2. The number of sulfone groups is 1. The number of rotatable bonds is 8. The van der Waals surface area contributed by atoms with Crippen LogP contribution in [0.4, 0.5) is 11.4 Å². The van der Waals surface area contributed by atoms with Crippen LogP contribution in [0.25, 0.3) is 6.08 Å². The molecule has 16 heteroatoms. The average molecular weight is 578 g/mol. The van der Waals surface area contributed by atoms with Crippen molar-refractivity contribution in [2.45, 2.75) is 42.5 Å². The number of azo groups is 1. The van der Waals surface area contributed by atoms with E-state index in [1.165, 1.54) is 24.3 Å². The largest absolute Gasteiger partial charge is 0.505 e. The fourth-order valence-corrected chi connectivity index (χ4v) is 5.38. The van der Waals surface area contributed by atoms with Gasteiger partial charge >= 0.3 is 10.4 Å². The zero-order valence-electron chi connectivity index (χ0n) is 19.8. The van der Waals surface area contributed by atoms with Crippen LogP contribution in [0.1, 0.15) is 31.4 Å². The molecule has 0 radical (unpaired) electrons. The van der Waals surface area contributed by atoms with E-state index >= 15 is 0 Å². The molecule has 0 spiro atoms. The van der Waals surface area contributed by atoms with Gasteiger partial charge in [0, 0.05) is 11.6 Å². The summed E-state index contributed by atoms with van der Waals surface area (Å²) in [5.41, 5.74) is 6.19. The van der Waals surface area contributed by atoms with Gasteiger partial charge in [-0.15, -0.1) is 5.11 Å². The number of nitrogens with two attached hydrogens (primary N) is 1. The van der Waals surface area contributed by atoms with Crippen molar-refractivity contribution in [2.24, 2.45) is 16.0 Å². The Kier molecular flexibility index (Phi) is 10.1. The topological polar surface area (TPSA) is 223 Å². The molecule has 5 N–H and O–H groups in total. The van der Waals surface area contributed by atoms with E-state index in [2.05, 4.69) is 14.4 Å². The molecule has 37 heavy (non-hydrogen) atoms. The fraction of sp³-hybridized carbons (Fsp3) is 0.333. The van der Waals surface area contributed by atoms with Crippen molar-refractivity contribution in [3.05, 3.63) is 47.5 Å². The lowest BCUT2D eigenvalue weighted by atomic mass is 10.0. The summed E-state index contributed by atoms with van der Waals surface area (Å²) in [4.78, 5) is -0.859. The lowest BCUT2D eigenvalue weighted by Gasteiger charge is -2.12. The van der Waals surface area contributed by atoms with E-state index in [0.29, 0.717) is 18.4 Å². The first-order valence-electron chi connectivity index (χ1n) is 10.8. The van der Waals surface area contributed by atoms with Gasteiger partial charge in [0.2, 0.25) is 0 Å². The van der Waals surface area contributed by atoms with Gasteiger partial charge in [-0.05, 0) is 48.7 Å². The maximum atomic E-state index is 12.2. The highest BCUT2D eigenvalue weighted by Gasteiger charge is 2.25. The average Bonchev–Trinajstić information content (AvgIpc) is 3.00. The predicted octanol–water partition coefficient (Wildman–Crippen LogP) is 2.96. The standard InChI is InChI=1S/C19H21N3O10S3.C2H6/c20-13-2-1-12-11-17(34(26,27)28)18(19(23)16(12)8-3-13)22-21-14-4-6-15(7-5-14)33(24,25)10-9-32-35(29,30)31;1-2/h3-8,11,13,23H,1-2,9-10,20H2,(H,26,27,28)(H,29,30,31);1-2H3. The van der Waals surface area contributed by atoms with Crippen LogP contribution < -0.4 is 5.73 Å². The summed E-state index contributed by atoms with van der Waals surface area (Å²) in [5.74, 6) is -1.26. The SMILES string of the molecule is CC.NC1C=Cc2c(cc(S(=O)(=O)O)c(N=Nc3ccc(S(=O)(=O)CCOS(=O)(=O)O)cc3)c2O)CC1. The summed E-state index contributed by atoms with van der Waals surface area (Å²) < 4.78 is 91.6. The highest BCUT2D eigenvalue weighted by atomic mass is 32.3. The summed E-state index contributed by atoms with van der Waals surface area (Å²) in [6.45, 7) is 3.21. The number of hydrogen-bond acceptors (Lipinski definition) is 11. The molecule has 0 fully saturated rings. The van der Waals surface area contributed by atoms with Crippen LogP contribution in [-0.4, -0.2) is 57.9 Å². The van der Waals surface area contributed by atoms with Crippen LogP contribution in [0, 0.1) is 0 Å². The summed E-state index contributed by atoms with van der Waals surface area (Å²) in [7, 11) is -13.5. The summed E-state index contributed by atoms with van der Waals surface area (Å²) in [6, 6.07) is 5.62. The molecule has 1 aliphatic rings. The Balaban J connectivity index is 0.00000235. The lowest BCUT2D eigenvalue weighted by Crippen LogP contribution is -2.16. The van der Waals surface area contributed by atoms with E-state index in [-0.39, 0.29) is 22.2 Å². The van der Waals surface area contributed by atoms with Crippen molar-refractivity contribution < 1.29 is 43.6 Å². The Hall–Kier alpha value is -2.73. The maximum Gasteiger partial charge on any atom is 0.397 e. The van der Waals surface area contributed by atoms with E-state index in [4.69, 9.17) is 10.3 Å². The molecule has 2 aromatic rings. The van der Waals surface area contributed by atoms with E-state index in [1.807, 2.05) is 13.8 Å². The van der Waals surface area contributed by atoms with E-state index < -0.39 is 59.0 Å². The zero-order chi connectivity index (χ0) is 28.0. The molecule has 0 heterocycles. The highest BCUT2D eigenvalue weighted by Crippen LogP contribution is 2.41. The van der Waals surface area contributed by atoms with Crippen LogP contribution in [0.15, 0.2) is 56.4 Å². The first-order valence-corrected chi connectivity index (χ1v) is 15.3. The van der Waals surface area contributed by atoms with Crippen molar-refractivity contribution in [3.63, 3.8) is 0 Å². The van der Waals surface area contributed by atoms with Gasteiger partial charge in [-0.1, -0.05) is 26.0 Å². The fourth-order valence-electron chi connectivity index (χ4n) is 3.22. The minimum Gasteiger partial charge on any atom is -0.505 e. The van der Waals surface area contributed by atoms with Gasteiger partial charge in [0.1, 0.15) is 10.6 Å². The van der Waals surface area contributed by atoms with Crippen LogP contribution >= 0.6 is 0 Å². The Morgan fingerprint density at radius 2 is 1.65 bits per heavy atom. The third kappa shape index (κ3) is 8.39. The van der Waals surface area contributed by atoms with Gasteiger partial charge < -0.3 is 10.8 Å². The van der Waals surface area contributed by atoms with Crippen LogP contribution in [0.3, 0.4) is 0 Å². The summed E-state index contributed by atoms with van der Waals surface area (Å²) in [5, 5.41) is 18.3. The van der Waals surface area contributed by atoms with Gasteiger partial charge in [-0.25, -0.2) is 12.6 Å². The maximum absolute atomic E-state index is 12.2. The predicted molar refractivity (Wildman–Crippen MR) is 135 cm³/mol. The van der Waals surface area contributed by atoms with Gasteiger partial charge in [0.25, 0.3) is 10.1 Å². The number of phenolic OH excluding ortho intramolecular Hbond substituents is 1. The van der Waals surface area contributed by atoms with Crippen molar-refractivity contribution in [1.82, 2.24) is 0 Å². The number of benzene rings is 2. The molecule has 204 valence electrons. The molecular formula is C21H27N3O10S3. The Bertz CT molecular complexity index is 1500. The van der Waals surface area contributed by atoms with Crippen molar-refractivity contribution in [3.8, 4) is 5.75 Å². The van der Waals surface area contributed by atoms with Crippen molar-refractivity contribution in [1.29, 1.82) is 0 Å². The number of phenols is 1. The van der Waals surface area contributed by atoms with Crippen LogP contribution in [-0.2, 0) is 41.0 Å². The lowest BCUT2D eigenvalue weighted by molar-refractivity contribution is 0.284. The van der Waals surface area contributed by atoms with Crippen LogP contribution in [0.5, 0.6) is 5.75 Å². The second kappa shape index (κ2) is 12.2. The molecule has 1 atom stereocenters. The van der Waals surface area contributed by atoms with Crippen LogP contribution in [0.2, 0.25) is 0 Å². The van der Waals surface area contributed by atoms with Crippen molar-refractivity contribution >= 4 is 47.8 Å². The third-order valence-electron chi connectivity index (χ3n) is 4.94. The first kappa shape index (κ1) is 30.5. The van der Waals surface area contributed by atoms with Gasteiger partial charge in [0.05, 0.1) is 22.9 Å². The Morgan fingerprint density at radius 1 is 1.03 bits per heavy atom. The molecule has 0 saturated carbocycles. The van der Waals surface area contributed by atoms with Gasteiger partial charge in [-0.3, -0.25) is 9.11 Å². The quantitative estimate of drug-likeness (QED) is 0.263. The molecule has 0 aliphatic heterocycles. The van der Waals surface area contributed by atoms with Crippen molar-refractivity contribution in [2.75, 3.05) is 12.4 Å². The third-order valence-corrected chi connectivity index (χ3v) is 7.97. The Labute approximate surface area is 215 Å². The number of hydrogen-bond donors (Lipinski definition) is 4. The molecule has 1 aliphatic carbocycles. The minimum atomic E-state index is -4.79. The molecule has 13 nitrogen and oxygen atoms in total. The van der Waals surface area contributed by atoms with Gasteiger partial charge in [-0.2, -0.15) is 21.9 Å². The molecule has 2 aromatic carbocycles. The smallest absolute Gasteiger partial charge is 0.397 e. The van der Waals surface area contributed by atoms with E-state index in [1.54, 1.807) is 6.08 Å². The molecule has 0 bridgehead atoms. The molecule has 3 rings (SSSR count). The monoisotopic (exact) mass is 577 g/mol. The molecule has 0 amide bonds. The second-order valence-electron chi connectivity index (χ2n) is 7.44. The summed E-state index contributed by atoms with van der Waals surface area (Å²) in [6.07, 6.45) is 4.01. The zero-order valence-corrected chi connectivity index (χ0v) is 22.3. The number of fused-ring (bicyclic) bond motifs is 1.